The molecular formula is C28H32FN7O4. The Morgan fingerprint density at radius 1 is 1.15 bits per heavy atom. The van der Waals surface area contributed by atoms with Gasteiger partial charge < -0.3 is 30.7 Å². The summed E-state index contributed by atoms with van der Waals surface area (Å²) in [5, 5.41) is 17.9. The number of amides is 1. The Morgan fingerprint density at radius 2 is 1.95 bits per heavy atom. The molecule has 0 spiro atoms. The zero-order valence-corrected chi connectivity index (χ0v) is 22.0. The number of benzene rings is 1. The number of piperidine rings is 1. The summed E-state index contributed by atoms with van der Waals surface area (Å²) in [4.78, 5) is 38.6. The van der Waals surface area contributed by atoms with Gasteiger partial charge in [0.2, 0.25) is 5.82 Å². The Kier molecular flexibility index (Phi) is 8.53. The third-order valence-corrected chi connectivity index (χ3v) is 7.18. The molecule has 1 saturated heterocycles. The van der Waals surface area contributed by atoms with Gasteiger partial charge in [-0.05, 0) is 42.9 Å². The number of aryl methyl sites for hydroxylation is 1. The third-order valence-electron chi connectivity index (χ3n) is 7.18. The zero-order chi connectivity index (χ0) is 27.9. The smallest absolute Gasteiger partial charge is 0.408 e. The van der Waals surface area contributed by atoms with Crippen LogP contribution in [-0.4, -0.2) is 64.3 Å². The number of rotatable bonds is 9. The van der Waals surface area contributed by atoms with Gasteiger partial charge in [0.15, 0.2) is 11.6 Å². The van der Waals surface area contributed by atoms with Crippen LogP contribution in [0.25, 0.3) is 0 Å². The van der Waals surface area contributed by atoms with Gasteiger partial charge in [0.1, 0.15) is 24.8 Å². The van der Waals surface area contributed by atoms with Gasteiger partial charge in [-0.25, -0.2) is 24.5 Å². The summed E-state index contributed by atoms with van der Waals surface area (Å²) < 4.78 is 20.5. The highest BCUT2D eigenvalue weighted by Gasteiger charge is 2.27. The lowest BCUT2D eigenvalue weighted by molar-refractivity contribution is -0.139. The number of hydrogen-bond acceptors (Lipinski definition) is 9. The van der Waals surface area contributed by atoms with Crippen LogP contribution >= 0.6 is 0 Å². The average Bonchev–Trinajstić information content (AvgIpc) is 2.99. The number of aromatic nitrogens is 3. The van der Waals surface area contributed by atoms with Gasteiger partial charge in [0.25, 0.3) is 0 Å². The van der Waals surface area contributed by atoms with Gasteiger partial charge in [-0.3, -0.25) is 0 Å². The number of anilines is 3. The van der Waals surface area contributed by atoms with Gasteiger partial charge in [-0.1, -0.05) is 36.4 Å². The van der Waals surface area contributed by atoms with Crippen molar-refractivity contribution in [1.82, 2.24) is 20.3 Å². The molecule has 0 unspecified atom stereocenters. The Balaban J connectivity index is 1.15. The number of carbonyl (C=O) groups is 2. The first-order chi connectivity index (χ1) is 19.5. The molecule has 11 nitrogen and oxygen atoms in total. The van der Waals surface area contributed by atoms with E-state index < -0.39 is 23.9 Å². The summed E-state index contributed by atoms with van der Waals surface area (Å²) in [6, 6.07) is 11.9. The molecule has 1 atom stereocenters. The van der Waals surface area contributed by atoms with Crippen molar-refractivity contribution < 1.29 is 23.8 Å². The van der Waals surface area contributed by atoms with Crippen LogP contribution in [0.15, 0.2) is 48.8 Å². The highest BCUT2D eigenvalue weighted by Crippen LogP contribution is 2.32. The molecule has 3 aromatic rings. The van der Waals surface area contributed by atoms with Crippen LogP contribution in [0.3, 0.4) is 0 Å². The van der Waals surface area contributed by atoms with E-state index in [2.05, 4.69) is 38.1 Å². The first-order valence-electron chi connectivity index (χ1n) is 13.4. The molecule has 1 fully saturated rings. The number of fused-ring (bicyclic) bond motifs is 1. The maximum Gasteiger partial charge on any atom is 0.408 e. The van der Waals surface area contributed by atoms with Gasteiger partial charge >= 0.3 is 12.1 Å². The van der Waals surface area contributed by atoms with Crippen LogP contribution in [0.4, 0.5) is 26.6 Å². The van der Waals surface area contributed by atoms with Crippen LogP contribution in [0.1, 0.15) is 42.0 Å². The fourth-order valence-corrected chi connectivity index (χ4v) is 4.97. The lowest BCUT2D eigenvalue weighted by Gasteiger charge is -2.33. The molecule has 1 aromatic carbocycles. The SMILES string of the molecule is O=C(N[C@@H](CNc1ncnc(N2CCC(c3ccc4c(n3)NCCC4)CC2)c1F)C(=O)O)OCc1ccccc1. The molecule has 5 rings (SSSR count). The van der Waals surface area contributed by atoms with Crippen LogP contribution in [0.5, 0.6) is 0 Å². The standard InChI is InChI=1S/C28H32FN7O4/c29-23-25(31-15-22(27(37)38)35-28(39)40-16-18-5-2-1-3-6-18)32-17-33-26(23)36-13-10-19(11-14-36)21-9-8-20-7-4-12-30-24(20)34-21/h1-3,5-6,8-9,17,19,22H,4,7,10-16H2,(H,30,34)(H,35,39)(H,37,38)(H,31,32,33)/t22-/m0/s1. The molecule has 40 heavy (non-hydrogen) atoms. The molecule has 0 aliphatic carbocycles. The molecular weight excluding hydrogens is 517 g/mol. The number of nitrogens with one attached hydrogen (secondary N) is 3. The molecule has 0 bridgehead atoms. The van der Waals surface area contributed by atoms with Gasteiger partial charge in [-0.15, -0.1) is 0 Å². The number of carboxylic acids is 1. The summed E-state index contributed by atoms with van der Waals surface area (Å²) in [5.41, 5.74) is 3.06. The second-order valence-corrected chi connectivity index (χ2v) is 9.87. The maximum atomic E-state index is 15.4. The molecule has 12 heteroatoms. The van der Waals surface area contributed by atoms with Gasteiger partial charge in [0.05, 0.1) is 0 Å². The molecule has 2 aliphatic heterocycles. The summed E-state index contributed by atoms with van der Waals surface area (Å²) in [7, 11) is 0. The van der Waals surface area contributed by atoms with E-state index in [9.17, 15) is 14.7 Å². The fourth-order valence-electron chi connectivity index (χ4n) is 4.97. The number of carbonyl (C=O) groups excluding carboxylic acids is 1. The normalized spacial score (nSPS) is 15.9. The third kappa shape index (κ3) is 6.56. The van der Waals surface area contributed by atoms with Gasteiger partial charge in [-0.2, -0.15) is 4.39 Å². The predicted molar refractivity (Wildman–Crippen MR) is 147 cm³/mol. The molecule has 2 aliphatic rings. The maximum absolute atomic E-state index is 15.4. The summed E-state index contributed by atoms with van der Waals surface area (Å²) in [6.45, 7) is 1.82. The molecule has 4 heterocycles. The number of aliphatic carboxylic acids is 1. The second-order valence-electron chi connectivity index (χ2n) is 9.87. The minimum atomic E-state index is -1.37. The fraction of sp³-hybridized carbons (Fsp3) is 0.393. The highest BCUT2D eigenvalue weighted by molar-refractivity contribution is 5.80. The molecule has 4 N–H and O–H groups in total. The number of pyridine rings is 1. The first kappa shape index (κ1) is 27.1. The summed E-state index contributed by atoms with van der Waals surface area (Å²) >= 11 is 0. The Hall–Kier alpha value is -4.48. The predicted octanol–water partition coefficient (Wildman–Crippen LogP) is 3.54. The average molecular weight is 550 g/mol. The zero-order valence-electron chi connectivity index (χ0n) is 22.0. The van der Waals surface area contributed by atoms with E-state index in [1.165, 1.54) is 11.9 Å². The van der Waals surface area contributed by atoms with Gasteiger partial charge in [0, 0.05) is 37.8 Å². The molecule has 0 radical (unpaired) electrons. The van der Waals surface area contributed by atoms with Crippen molar-refractivity contribution in [2.24, 2.45) is 0 Å². The molecule has 0 saturated carbocycles. The molecule has 1 amide bonds. The topological polar surface area (TPSA) is 142 Å². The first-order valence-corrected chi connectivity index (χ1v) is 13.4. The van der Waals surface area contributed by atoms with Crippen molar-refractivity contribution in [2.45, 2.75) is 44.2 Å². The summed E-state index contributed by atoms with van der Waals surface area (Å²) in [6.07, 6.45) is 4.10. The largest absolute Gasteiger partial charge is 0.480 e. The monoisotopic (exact) mass is 549 g/mol. The Bertz CT molecular complexity index is 1340. The van der Waals surface area contributed by atoms with Crippen LogP contribution < -0.4 is 20.9 Å². The van der Waals surface area contributed by atoms with Crippen LogP contribution in [-0.2, 0) is 22.6 Å². The van der Waals surface area contributed by atoms with Crippen molar-refractivity contribution in [2.75, 3.05) is 41.7 Å². The van der Waals surface area contributed by atoms with E-state index in [1.54, 1.807) is 24.3 Å². The van der Waals surface area contributed by atoms with E-state index in [-0.39, 0.29) is 30.7 Å². The van der Waals surface area contributed by atoms with Crippen LogP contribution in [0.2, 0.25) is 0 Å². The minimum absolute atomic E-state index is 0.00749. The summed E-state index contributed by atoms with van der Waals surface area (Å²) in [5.74, 6) is -0.711. The second kappa shape index (κ2) is 12.6. The highest BCUT2D eigenvalue weighted by atomic mass is 19.1. The Morgan fingerprint density at radius 3 is 2.73 bits per heavy atom. The number of nitrogens with zero attached hydrogens (tertiary/aromatic N) is 4. The van der Waals surface area contributed by atoms with Crippen molar-refractivity contribution in [3.63, 3.8) is 0 Å². The number of hydrogen-bond donors (Lipinski definition) is 4. The molecule has 210 valence electrons. The van der Waals surface area contributed by atoms with E-state index in [0.29, 0.717) is 13.1 Å². The van der Waals surface area contributed by atoms with E-state index in [4.69, 9.17) is 9.72 Å². The van der Waals surface area contributed by atoms with Crippen molar-refractivity contribution in [1.29, 1.82) is 0 Å². The van der Waals surface area contributed by atoms with E-state index >= 15 is 4.39 Å². The number of carboxylic acid groups (broad SMARTS) is 1. The molecule has 2 aromatic heterocycles. The van der Waals surface area contributed by atoms with Crippen LogP contribution in [0, 0.1) is 5.82 Å². The quantitative estimate of drug-likeness (QED) is 0.313. The van der Waals surface area contributed by atoms with E-state index in [1.807, 2.05) is 11.0 Å². The lowest BCUT2D eigenvalue weighted by atomic mass is 9.92. The Labute approximate surface area is 231 Å². The van der Waals surface area contributed by atoms with Crippen molar-refractivity contribution in [3.05, 3.63) is 71.4 Å². The minimum Gasteiger partial charge on any atom is -0.480 e. The number of alkyl carbamates (subject to hydrolysis) is 1. The lowest BCUT2D eigenvalue weighted by Crippen LogP contribution is -2.45. The van der Waals surface area contributed by atoms with E-state index in [0.717, 1.165) is 49.3 Å². The van der Waals surface area contributed by atoms with Crippen molar-refractivity contribution in [3.8, 4) is 0 Å². The van der Waals surface area contributed by atoms with Crippen molar-refractivity contribution >= 4 is 29.5 Å². The number of halogens is 1. The number of ether oxygens (including phenoxy) is 1.